The van der Waals surface area contributed by atoms with Gasteiger partial charge in [-0.25, -0.2) is 0 Å². The number of ether oxygens (including phenoxy) is 1. The number of carbonyl (C=O) groups excluding carboxylic acids is 1. The van der Waals surface area contributed by atoms with Gasteiger partial charge in [-0.1, -0.05) is 48.0 Å². The lowest BCUT2D eigenvalue weighted by atomic mass is 9.88. The third-order valence-electron chi connectivity index (χ3n) is 5.58. The van der Waals surface area contributed by atoms with E-state index in [0.717, 1.165) is 22.0 Å². The summed E-state index contributed by atoms with van der Waals surface area (Å²) in [5.74, 6) is -0.218. The quantitative estimate of drug-likeness (QED) is 0.615. The van der Waals surface area contributed by atoms with E-state index in [-0.39, 0.29) is 11.8 Å². The zero-order valence-electron chi connectivity index (χ0n) is 15.6. The number of H-pyrrole nitrogens is 1. The van der Waals surface area contributed by atoms with E-state index in [2.05, 4.69) is 16.4 Å². The van der Waals surface area contributed by atoms with Crippen LogP contribution in [-0.4, -0.2) is 36.2 Å². The van der Waals surface area contributed by atoms with Gasteiger partial charge < -0.3 is 20.8 Å². The number of benzene rings is 2. The van der Waals surface area contributed by atoms with Crippen molar-refractivity contribution in [2.45, 2.75) is 24.3 Å². The Morgan fingerprint density at radius 3 is 2.64 bits per heavy atom. The van der Waals surface area contributed by atoms with Crippen LogP contribution in [0.3, 0.4) is 0 Å². The largest absolute Gasteiger partial charge is 0.381 e. The van der Waals surface area contributed by atoms with Crippen LogP contribution >= 0.6 is 11.6 Å². The highest BCUT2D eigenvalue weighted by Gasteiger charge is 2.36. The van der Waals surface area contributed by atoms with Gasteiger partial charge in [0.25, 0.3) is 0 Å². The number of amides is 1. The fourth-order valence-electron chi connectivity index (χ4n) is 3.86. The maximum Gasteiger partial charge on any atom is 0.240 e. The summed E-state index contributed by atoms with van der Waals surface area (Å²) in [6, 6.07) is 15.9. The Morgan fingerprint density at radius 1 is 1.14 bits per heavy atom. The molecule has 5 nitrogen and oxygen atoms in total. The van der Waals surface area contributed by atoms with Crippen molar-refractivity contribution in [1.82, 2.24) is 10.3 Å². The lowest BCUT2D eigenvalue weighted by molar-refractivity contribution is -0.129. The zero-order chi connectivity index (χ0) is 19.6. The molecule has 1 aromatic heterocycles. The molecule has 1 unspecified atom stereocenters. The molecule has 146 valence electrons. The topological polar surface area (TPSA) is 80.1 Å². The average molecular weight is 398 g/mol. The molecule has 0 radical (unpaired) electrons. The summed E-state index contributed by atoms with van der Waals surface area (Å²) in [7, 11) is 0. The van der Waals surface area contributed by atoms with E-state index in [1.165, 1.54) is 0 Å². The van der Waals surface area contributed by atoms with Crippen LogP contribution in [0.2, 0.25) is 5.02 Å². The molecule has 4 rings (SSSR count). The number of hydrogen-bond donors (Lipinski definition) is 3. The molecule has 1 atom stereocenters. The van der Waals surface area contributed by atoms with Crippen molar-refractivity contribution in [2.24, 2.45) is 5.73 Å². The highest BCUT2D eigenvalue weighted by atomic mass is 35.5. The number of nitrogens with one attached hydrogen (secondary N) is 2. The molecule has 2 heterocycles. The van der Waals surface area contributed by atoms with Crippen LogP contribution in [0.25, 0.3) is 10.9 Å². The van der Waals surface area contributed by atoms with E-state index in [0.29, 0.717) is 37.6 Å². The molecule has 28 heavy (non-hydrogen) atoms. The van der Waals surface area contributed by atoms with E-state index in [4.69, 9.17) is 22.1 Å². The Morgan fingerprint density at radius 2 is 1.86 bits per heavy atom. The van der Waals surface area contributed by atoms with Crippen LogP contribution in [-0.2, 0) is 9.53 Å². The number of rotatable bonds is 5. The highest BCUT2D eigenvalue weighted by molar-refractivity contribution is 6.31. The van der Waals surface area contributed by atoms with Crippen LogP contribution in [0, 0.1) is 0 Å². The molecule has 0 bridgehead atoms. The van der Waals surface area contributed by atoms with Gasteiger partial charge in [0.1, 0.15) is 0 Å². The third kappa shape index (κ3) is 3.65. The van der Waals surface area contributed by atoms with E-state index in [1.54, 1.807) is 0 Å². The molecule has 3 aromatic rings. The van der Waals surface area contributed by atoms with Gasteiger partial charge in [-0.3, -0.25) is 4.79 Å². The van der Waals surface area contributed by atoms with Gasteiger partial charge in [-0.15, -0.1) is 0 Å². The van der Waals surface area contributed by atoms with Gasteiger partial charge in [0.05, 0.1) is 5.54 Å². The van der Waals surface area contributed by atoms with Crippen LogP contribution in [0.15, 0.2) is 54.7 Å². The van der Waals surface area contributed by atoms with Crippen molar-refractivity contribution in [3.8, 4) is 0 Å². The summed E-state index contributed by atoms with van der Waals surface area (Å²) in [5.41, 5.74) is 8.61. The molecule has 4 N–H and O–H groups in total. The monoisotopic (exact) mass is 397 g/mol. The second-order valence-electron chi connectivity index (χ2n) is 7.34. The van der Waals surface area contributed by atoms with E-state index in [9.17, 15) is 4.79 Å². The standard InChI is InChI=1S/C22H24ClN3O2/c23-19-7-3-1-5-15(19)17(18-13-25-20-8-4-2-6-16(18)20)14-26-21(27)22(24)9-11-28-12-10-22/h1-8,13,17,25H,9-12,14,24H2,(H,26,27). The van der Waals surface area contributed by atoms with Crippen molar-refractivity contribution >= 4 is 28.4 Å². The first-order chi connectivity index (χ1) is 13.6. The van der Waals surface area contributed by atoms with Gasteiger partial charge in [-0.2, -0.15) is 0 Å². The number of hydrogen-bond acceptors (Lipinski definition) is 3. The summed E-state index contributed by atoms with van der Waals surface area (Å²) in [5, 5.41) is 4.88. The number of aromatic amines is 1. The van der Waals surface area contributed by atoms with E-state index in [1.807, 2.05) is 48.7 Å². The summed E-state index contributed by atoms with van der Waals surface area (Å²) in [6.45, 7) is 1.45. The Hall–Kier alpha value is -2.34. The van der Waals surface area contributed by atoms with Crippen molar-refractivity contribution in [2.75, 3.05) is 19.8 Å². The molecule has 0 aliphatic carbocycles. The normalized spacial score (nSPS) is 17.4. The molecular weight excluding hydrogens is 374 g/mol. The minimum Gasteiger partial charge on any atom is -0.381 e. The van der Waals surface area contributed by atoms with Gasteiger partial charge in [0, 0.05) is 47.8 Å². The summed E-state index contributed by atoms with van der Waals surface area (Å²) < 4.78 is 5.35. The highest BCUT2D eigenvalue weighted by Crippen LogP contribution is 2.34. The predicted octanol–water partition coefficient (Wildman–Crippen LogP) is 3.58. The minimum absolute atomic E-state index is 0.0859. The summed E-state index contributed by atoms with van der Waals surface area (Å²) in [6.07, 6.45) is 3.06. The molecule has 6 heteroatoms. The lowest BCUT2D eigenvalue weighted by Crippen LogP contribution is -2.57. The summed E-state index contributed by atoms with van der Waals surface area (Å²) in [4.78, 5) is 16.2. The van der Waals surface area contributed by atoms with E-state index >= 15 is 0 Å². The number of aromatic nitrogens is 1. The van der Waals surface area contributed by atoms with Gasteiger partial charge in [-0.05, 0) is 36.1 Å². The van der Waals surface area contributed by atoms with Crippen LogP contribution < -0.4 is 11.1 Å². The number of nitrogens with two attached hydrogens (primary N) is 1. The Kier molecular flexibility index (Phi) is 5.40. The van der Waals surface area contributed by atoms with Crippen LogP contribution in [0.4, 0.5) is 0 Å². The molecular formula is C22H24ClN3O2. The van der Waals surface area contributed by atoms with Crippen LogP contribution in [0.1, 0.15) is 29.9 Å². The van der Waals surface area contributed by atoms with Crippen molar-refractivity contribution in [1.29, 1.82) is 0 Å². The minimum atomic E-state index is -0.872. The number of para-hydroxylation sites is 1. The predicted molar refractivity (Wildman–Crippen MR) is 112 cm³/mol. The summed E-state index contributed by atoms with van der Waals surface area (Å²) >= 11 is 6.51. The first-order valence-corrected chi connectivity index (χ1v) is 9.92. The Balaban J connectivity index is 1.64. The molecule has 1 saturated heterocycles. The molecule has 2 aromatic carbocycles. The zero-order valence-corrected chi connectivity index (χ0v) is 16.3. The van der Waals surface area contributed by atoms with Crippen LogP contribution in [0.5, 0.6) is 0 Å². The smallest absolute Gasteiger partial charge is 0.240 e. The lowest BCUT2D eigenvalue weighted by Gasteiger charge is -2.32. The molecule has 1 aliphatic rings. The van der Waals surface area contributed by atoms with Crippen molar-refractivity contribution < 1.29 is 9.53 Å². The molecule has 1 fully saturated rings. The van der Waals surface area contributed by atoms with Crippen molar-refractivity contribution in [3.05, 3.63) is 70.9 Å². The third-order valence-corrected chi connectivity index (χ3v) is 5.93. The maximum atomic E-state index is 12.8. The van der Waals surface area contributed by atoms with Gasteiger partial charge in [0.15, 0.2) is 0 Å². The SMILES string of the molecule is NC1(C(=O)NCC(c2ccccc2Cl)c2c[nH]c3ccccc23)CCOCC1. The number of fused-ring (bicyclic) bond motifs is 1. The number of carbonyl (C=O) groups is 1. The van der Waals surface area contributed by atoms with Gasteiger partial charge >= 0.3 is 0 Å². The first kappa shape index (κ1) is 19.0. The number of halogens is 1. The van der Waals surface area contributed by atoms with E-state index < -0.39 is 5.54 Å². The molecule has 0 saturated carbocycles. The average Bonchev–Trinajstić information content (AvgIpc) is 3.14. The maximum absolute atomic E-state index is 12.8. The molecule has 0 spiro atoms. The van der Waals surface area contributed by atoms with Gasteiger partial charge in [0.2, 0.25) is 5.91 Å². The molecule has 1 amide bonds. The Labute approximate surface area is 169 Å². The fourth-order valence-corrected chi connectivity index (χ4v) is 4.13. The van der Waals surface area contributed by atoms with Crippen molar-refractivity contribution in [3.63, 3.8) is 0 Å². The second-order valence-corrected chi connectivity index (χ2v) is 7.75. The Bertz CT molecular complexity index is 979. The fraction of sp³-hybridized carbons (Fsp3) is 0.318. The molecule has 1 aliphatic heterocycles. The first-order valence-electron chi connectivity index (χ1n) is 9.54. The second kappa shape index (κ2) is 7.95.